The fourth-order valence-electron chi connectivity index (χ4n) is 2.66. The van der Waals surface area contributed by atoms with Crippen LogP contribution in [0.5, 0.6) is 0 Å². The molecule has 0 unspecified atom stereocenters. The van der Waals surface area contributed by atoms with E-state index in [1.54, 1.807) is 13.0 Å². The van der Waals surface area contributed by atoms with E-state index >= 15 is 0 Å². The van der Waals surface area contributed by atoms with Gasteiger partial charge in [-0.3, -0.25) is 19.8 Å². The predicted octanol–water partition coefficient (Wildman–Crippen LogP) is 1.95. The van der Waals surface area contributed by atoms with E-state index in [1.807, 2.05) is 18.7 Å². The van der Waals surface area contributed by atoms with Crippen molar-refractivity contribution in [3.63, 3.8) is 0 Å². The zero-order valence-electron chi connectivity index (χ0n) is 13.0. The van der Waals surface area contributed by atoms with E-state index in [1.165, 1.54) is 12.1 Å². The molecule has 1 N–H and O–H groups in total. The molecular formula is C15H21N3O4. The van der Waals surface area contributed by atoms with Crippen molar-refractivity contribution in [3.05, 3.63) is 33.9 Å². The van der Waals surface area contributed by atoms with Crippen LogP contribution in [0.2, 0.25) is 0 Å². The number of morpholine rings is 1. The number of hydrogen-bond donors (Lipinski definition) is 1. The van der Waals surface area contributed by atoms with Crippen LogP contribution in [0.1, 0.15) is 19.4 Å². The van der Waals surface area contributed by atoms with Gasteiger partial charge >= 0.3 is 0 Å². The lowest BCUT2D eigenvalue weighted by atomic mass is 10.1. The monoisotopic (exact) mass is 307 g/mol. The van der Waals surface area contributed by atoms with Crippen molar-refractivity contribution in [2.75, 3.05) is 25.0 Å². The topological polar surface area (TPSA) is 84.7 Å². The summed E-state index contributed by atoms with van der Waals surface area (Å²) in [5.74, 6) is -0.176. The van der Waals surface area contributed by atoms with Crippen LogP contribution in [0.3, 0.4) is 0 Å². The summed E-state index contributed by atoms with van der Waals surface area (Å²) in [6.45, 7) is 7.41. The summed E-state index contributed by atoms with van der Waals surface area (Å²) in [5, 5.41) is 13.6. The van der Waals surface area contributed by atoms with Gasteiger partial charge in [0.05, 0.1) is 29.4 Å². The van der Waals surface area contributed by atoms with Crippen molar-refractivity contribution in [2.24, 2.45) is 0 Å². The Labute approximate surface area is 129 Å². The largest absolute Gasteiger partial charge is 0.373 e. The van der Waals surface area contributed by atoms with Crippen LogP contribution in [0.15, 0.2) is 18.2 Å². The summed E-state index contributed by atoms with van der Waals surface area (Å²) in [6.07, 6.45) is 0.187. The number of hydrogen-bond acceptors (Lipinski definition) is 5. The van der Waals surface area contributed by atoms with Crippen molar-refractivity contribution >= 4 is 17.3 Å². The lowest BCUT2D eigenvalue weighted by Gasteiger charge is -2.34. The van der Waals surface area contributed by atoms with Crippen LogP contribution >= 0.6 is 0 Å². The second-order valence-electron chi connectivity index (χ2n) is 5.76. The van der Waals surface area contributed by atoms with E-state index in [-0.39, 0.29) is 30.3 Å². The Morgan fingerprint density at radius 3 is 2.64 bits per heavy atom. The molecule has 1 aliphatic rings. The fourth-order valence-corrected chi connectivity index (χ4v) is 2.66. The molecule has 0 aromatic heterocycles. The minimum atomic E-state index is -0.472. The van der Waals surface area contributed by atoms with Gasteiger partial charge in [0.15, 0.2) is 0 Å². The normalized spacial score (nSPS) is 22.3. The van der Waals surface area contributed by atoms with E-state index < -0.39 is 4.92 Å². The van der Waals surface area contributed by atoms with Gasteiger partial charge in [0.2, 0.25) is 5.91 Å². The molecule has 1 fully saturated rings. The Morgan fingerprint density at radius 2 is 2.05 bits per heavy atom. The molecule has 2 rings (SSSR count). The maximum Gasteiger partial charge on any atom is 0.271 e. The van der Waals surface area contributed by atoms with Gasteiger partial charge < -0.3 is 10.1 Å². The molecule has 7 heteroatoms. The third kappa shape index (κ3) is 4.25. The van der Waals surface area contributed by atoms with Crippen molar-refractivity contribution in [3.8, 4) is 0 Å². The maximum atomic E-state index is 12.2. The summed E-state index contributed by atoms with van der Waals surface area (Å²) in [7, 11) is 0. The van der Waals surface area contributed by atoms with E-state index in [0.717, 1.165) is 5.56 Å². The van der Waals surface area contributed by atoms with Gasteiger partial charge in [-0.1, -0.05) is 6.07 Å². The van der Waals surface area contributed by atoms with Gasteiger partial charge in [-0.2, -0.15) is 0 Å². The molecule has 22 heavy (non-hydrogen) atoms. The lowest BCUT2D eigenvalue weighted by Crippen LogP contribution is -2.48. The second kappa shape index (κ2) is 6.85. The molecule has 7 nitrogen and oxygen atoms in total. The number of carbonyl (C=O) groups is 1. The Morgan fingerprint density at radius 1 is 1.41 bits per heavy atom. The molecule has 1 saturated heterocycles. The number of aryl methyl sites for hydroxylation is 1. The third-order valence-corrected chi connectivity index (χ3v) is 3.57. The number of nitro groups is 1. The fraction of sp³-hybridized carbons (Fsp3) is 0.533. The van der Waals surface area contributed by atoms with Gasteiger partial charge in [-0.15, -0.1) is 0 Å². The number of ether oxygens (including phenoxy) is 1. The minimum Gasteiger partial charge on any atom is -0.373 e. The molecule has 0 spiro atoms. The Kier molecular flexibility index (Phi) is 5.10. The Hall–Kier alpha value is -1.99. The number of anilines is 1. The number of nitro benzene ring substituents is 1. The standard InChI is InChI=1S/C15H21N3O4/c1-10-4-5-13(18(20)21)6-14(10)16-15(19)9-17-7-11(2)22-12(3)8-17/h4-6,11-12H,7-9H2,1-3H3,(H,16,19)/t11-,12-/m0/s1. The molecule has 1 heterocycles. The molecule has 1 amide bonds. The quantitative estimate of drug-likeness (QED) is 0.679. The molecule has 120 valence electrons. The third-order valence-electron chi connectivity index (χ3n) is 3.57. The van der Waals surface area contributed by atoms with E-state index in [0.29, 0.717) is 18.8 Å². The molecule has 0 radical (unpaired) electrons. The van der Waals surface area contributed by atoms with Crippen LogP contribution < -0.4 is 5.32 Å². The van der Waals surface area contributed by atoms with Crippen molar-refractivity contribution in [2.45, 2.75) is 33.0 Å². The first-order valence-electron chi connectivity index (χ1n) is 7.28. The highest BCUT2D eigenvalue weighted by atomic mass is 16.6. The molecule has 1 aromatic rings. The first-order valence-corrected chi connectivity index (χ1v) is 7.28. The van der Waals surface area contributed by atoms with Gasteiger partial charge in [0.1, 0.15) is 0 Å². The van der Waals surface area contributed by atoms with Gasteiger partial charge in [-0.25, -0.2) is 0 Å². The number of carbonyl (C=O) groups excluding carboxylic acids is 1. The molecule has 0 saturated carbocycles. The number of amides is 1. The molecule has 1 aliphatic heterocycles. The predicted molar refractivity (Wildman–Crippen MR) is 82.9 cm³/mol. The minimum absolute atomic E-state index is 0.0329. The van der Waals surface area contributed by atoms with Crippen LogP contribution in [0.25, 0.3) is 0 Å². The molecule has 0 bridgehead atoms. The molecule has 1 aromatic carbocycles. The van der Waals surface area contributed by atoms with Gasteiger partial charge in [0, 0.05) is 25.2 Å². The Balaban J connectivity index is 2.00. The summed E-state index contributed by atoms with van der Waals surface area (Å²) in [5.41, 5.74) is 1.24. The van der Waals surface area contributed by atoms with Crippen LogP contribution in [0, 0.1) is 17.0 Å². The first kappa shape index (κ1) is 16.4. The molecule has 2 atom stereocenters. The van der Waals surface area contributed by atoms with Gasteiger partial charge in [0.25, 0.3) is 5.69 Å². The van der Waals surface area contributed by atoms with E-state index in [2.05, 4.69) is 5.32 Å². The first-order chi connectivity index (χ1) is 10.3. The van der Waals surface area contributed by atoms with Crippen LogP contribution in [0.4, 0.5) is 11.4 Å². The van der Waals surface area contributed by atoms with Crippen LogP contribution in [-0.4, -0.2) is 47.6 Å². The number of benzene rings is 1. The smallest absolute Gasteiger partial charge is 0.271 e. The number of rotatable bonds is 4. The summed E-state index contributed by atoms with van der Waals surface area (Å²) < 4.78 is 5.63. The molecule has 0 aliphatic carbocycles. The van der Waals surface area contributed by atoms with Crippen molar-refractivity contribution in [1.29, 1.82) is 0 Å². The number of non-ortho nitro benzene ring substituents is 1. The highest BCUT2D eigenvalue weighted by Gasteiger charge is 2.24. The summed E-state index contributed by atoms with van der Waals surface area (Å²) in [6, 6.07) is 4.45. The second-order valence-corrected chi connectivity index (χ2v) is 5.76. The zero-order chi connectivity index (χ0) is 16.3. The van der Waals surface area contributed by atoms with Crippen molar-refractivity contribution < 1.29 is 14.5 Å². The summed E-state index contributed by atoms with van der Waals surface area (Å²) >= 11 is 0. The molecular weight excluding hydrogens is 286 g/mol. The van der Waals surface area contributed by atoms with E-state index in [9.17, 15) is 14.9 Å². The highest BCUT2D eigenvalue weighted by Crippen LogP contribution is 2.22. The van der Waals surface area contributed by atoms with Crippen LogP contribution in [-0.2, 0) is 9.53 Å². The van der Waals surface area contributed by atoms with E-state index in [4.69, 9.17) is 4.74 Å². The average molecular weight is 307 g/mol. The zero-order valence-corrected chi connectivity index (χ0v) is 13.0. The SMILES string of the molecule is Cc1ccc([N+](=O)[O-])cc1NC(=O)CN1C[C@H](C)O[C@@H](C)C1. The Bertz CT molecular complexity index is 566. The summed E-state index contributed by atoms with van der Waals surface area (Å²) in [4.78, 5) is 24.5. The van der Waals surface area contributed by atoms with Crippen molar-refractivity contribution in [1.82, 2.24) is 4.90 Å². The average Bonchev–Trinajstić information content (AvgIpc) is 2.39. The number of nitrogens with zero attached hydrogens (tertiary/aromatic N) is 2. The van der Waals surface area contributed by atoms with Gasteiger partial charge in [-0.05, 0) is 26.3 Å². The highest BCUT2D eigenvalue weighted by molar-refractivity contribution is 5.93. The lowest BCUT2D eigenvalue weighted by molar-refractivity contribution is -0.384. The number of nitrogens with one attached hydrogen (secondary N) is 1. The maximum absolute atomic E-state index is 12.2.